The fraction of sp³-hybridized carbons (Fsp3) is 0.250. The molecule has 0 spiro atoms. The molecule has 106 valence electrons. The van der Waals surface area contributed by atoms with Gasteiger partial charge in [0, 0.05) is 11.1 Å². The molecule has 20 heavy (non-hydrogen) atoms. The van der Waals surface area contributed by atoms with Gasteiger partial charge in [-0.1, -0.05) is 29.8 Å². The molecule has 2 aromatic carbocycles. The fourth-order valence-electron chi connectivity index (χ4n) is 2.27. The Morgan fingerprint density at radius 2 is 1.85 bits per heavy atom. The van der Waals surface area contributed by atoms with Crippen molar-refractivity contribution in [3.05, 3.63) is 64.7 Å². The van der Waals surface area contributed by atoms with E-state index in [1.54, 1.807) is 31.3 Å². The summed E-state index contributed by atoms with van der Waals surface area (Å²) in [6.45, 7) is 1.87. The first kappa shape index (κ1) is 14.5. The third-order valence-corrected chi connectivity index (χ3v) is 3.28. The van der Waals surface area contributed by atoms with E-state index in [-0.39, 0.29) is 11.6 Å². The van der Waals surface area contributed by atoms with Crippen LogP contribution in [0.3, 0.4) is 0 Å². The summed E-state index contributed by atoms with van der Waals surface area (Å²) >= 11 is 0. The Morgan fingerprint density at radius 3 is 2.50 bits per heavy atom. The van der Waals surface area contributed by atoms with E-state index in [4.69, 9.17) is 4.74 Å². The smallest absolute Gasteiger partial charge is 0.170 e. The van der Waals surface area contributed by atoms with Crippen LogP contribution in [0.15, 0.2) is 36.4 Å². The summed E-state index contributed by atoms with van der Waals surface area (Å²) in [5, 5.41) is 2.96. The van der Waals surface area contributed by atoms with Gasteiger partial charge in [-0.05, 0) is 26.1 Å². The van der Waals surface area contributed by atoms with E-state index in [1.165, 1.54) is 19.2 Å². The highest BCUT2D eigenvalue weighted by Gasteiger charge is 2.21. The van der Waals surface area contributed by atoms with Gasteiger partial charge in [0.2, 0.25) is 0 Å². The summed E-state index contributed by atoms with van der Waals surface area (Å²) in [5.74, 6) is -0.691. The number of methoxy groups -OCH3 is 1. The molecular weight excluding hydrogens is 260 g/mol. The van der Waals surface area contributed by atoms with Crippen LogP contribution in [0.1, 0.15) is 22.7 Å². The van der Waals surface area contributed by atoms with Crippen LogP contribution in [0.4, 0.5) is 8.78 Å². The second-order valence-corrected chi connectivity index (χ2v) is 4.61. The number of hydrogen-bond donors (Lipinski definition) is 1. The number of hydrogen-bond acceptors (Lipinski definition) is 2. The summed E-state index contributed by atoms with van der Waals surface area (Å²) in [6, 6.07) is 9.09. The van der Waals surface area contributed by atoms with Gasteiger partial charge in [0.25, 0.3) is 0 Å². The van der Waals surface area contributed by atoms with E-state index in [9.17, 15) is 8.78 Å². The Hall–Kier alpha value is -1.94. The lowest BCUT2D eigenvalue weighted by Crippen LogP contribution is -2.20. The van der Waals surface area contributed by atoms with Crippen molar-refractivity contribution in [3.8, 4) is 5.75 Å². The molecular formula is C16H17F2NO. The lowest BCUT2D eigenvalue weighted by atomic mass is 9.96. The van der Waals surface area contributed by atoms with Crippen molar-refractivity contribution in [1.29, 1.82) is 0 Å². The molecule has 1 atom stereocenters. The van der Waals surface area contributed by atoms with Gasteiger partial charge in [-0.3, -0.25) is 0 Å². The number of aryl methyl sites for hydroxylation is 1. The van der Waals surface area contributed by atoms with Crippen molar-refractivity contribution in [1.82, 2.24) is 5.32 Å². The van der Waals surface area contributed by atoms with Crippen LogP contribution in [-0.4, -0.2) is 14.2 Å². The first-order valence-corrected chi connectivity index (χ1v) is 6.34. The van der Waals surface area contributed by atoms with Crippen molar-refractivity contribution in [2.75, 3.05) is 14.2 Å². The Kier molecular flexibility index (Phi) is 4.35. The third kappa shape index (κ3) is 2.65. The topological polar surface area (TPSA) is 21.3 Å². The third-order valence-electron chi connectivity index (χ3n) is 3.28. The Labute approximate surface area is 117 Å². The number of nitrogens with one attached hydrogen (secondary N) is 1. The standard InChI is InChI=1S/C16H17F2NO/c1-10-7-8-13(17)12(9-10)16(19-2)11-5-4-6-14(20-3)15(11)18/h4-9,16,19H,1-3H3. The minimum atomic E-state index is -0.565. The van der Waals surface area contributed by atoms with Crippen LogP contribution >= 0.6 is 0 Å². The highest BCUT2D eigenvalue weighted by Crippen LogP contribution is 2.30. The second kappa shape index (κ2) is 6.01. The Bertz CT molecular complexity index is 613. The minimum absolute atomic E-state index is 0.149. The van der Waals surface area contributed by atoms with Crippen LogP contribution < -0.4 is 10.1 Å². The molecule has 0 saturated heterocycles. The molecule has 0 bridgehead atoms. The molecule has 0 radical (unpaired) electrons. The molecule has 2 aromatic rings. The highest BCUT2D eigenvalue weighted by molar-refractivity contribution is 5.40. The predicted octanol–water partition coefficient (Wildman–Crippen LogP) is 3.59. The zero-order chi connectivity index (χ0) is 14.7. The molecule has 2 nitrogen and oxygen atoms in total. The van der Waals surface area contributed by atoms with Crippen molar-refractivity contribution >= 4 is 0 Å². The molecule has 0 saturated carbocycles. The van der Waals surface area contributed by atoms with Gasteiger partial charge in [-0.15, -0.1) is 0 Å². The first-order valence-electron chi connectivity index (χ1n) is 6.34. The fourth-order valence-corrected chi connectivity index (χ4v) is 2.27. The Balaban J connectivity index is 2.55. The summed E-state index contributed by atoms with van der Waals surface area (Å²) < 4.78 is 33.3. The molecule has 1 N–H and O–H groups in total. The average molecular weight is 277 g/mol. The van der Waals surface area contributed by atoms with Crippen molar-refractivity contribution in [2.24, 2.45) is 0 Å². The first-order chi connectivity index (χ1) is 9.58. The quantitative estimate of drug-likeness (QED) is 0.922. The van der Waals surface area contributed by atoms with Gasteiger partial charge in [-0.2, -0.15) is 0 Å². The molecule has 0 aliphatic rings. The van der Waals surface area contributed by atoms with Gasteiger partial charge >= 0.3 is 0 Å². The molecule has 4 heteroatoms. The number of rotatable bonds is 4. The highest BCUT2D eigenvalue weighted by atomic mass is 19.1. The maximum atomic E-state index is 14.3. The zero-order valence-corrected chi connectivity index (χ0v) is 11.7. The lowest BCUT2D eigenvalue weighted by Gasteiger charge is -2.20. The molecule has 0 fully saturated rings. The SMILES string of the molecule is CNC(c1cc(C)ccc1F)c1cccc(OC)c1F. The summed E-state index contributed by atoms with van der Waals surface area (Å²) in [7, 11) is 3.08. The van der Waals surface area contributed by atoms with Crippen LogP contribution in [0.25, 0.3) is 0 Å². The molecule has 0 aromatic heterocycles. The van der Waals surface area contributed by atoms with Crippen LogP contribution in [-0.2, 0) is 0 Å². The van der Waals surface area contributed by atoms with Gasteiger partial charge in [0.05, 0.1) is 13.2 Å². The van der Waals surface area contributed by atoms with Gasteiger partial charge in [0.1, 0.15) is 5.82 Å². The normalized spacial score (nSPS) is 12.2. The average Bonchev–Trinajstić information content (AvgIpc) is 2.45. The lowest BCUT2D eigenvalue weighted by molar-refractivity contribution is 0.382. The Morgan fingerprint density at radius 1 is 1.10 bits per heavy atom. The van der Waals surface area contributed by atoms with Crippen LogP contribution in [0.5, 0.6) is 5.75 Å². The molecule has 0 aliphatic heterocycles. The predicted molar refractivity (Wildman–Crippen MR) is 75.0 cm³/mol. The summed E-state index contributed by atoms with van der Waals surface area (Å²) in [5.41, 5.74) is 1.70. The molecule has 0 amide bonds. The van der Waals surface area contributed by atoms with Crippen molar-refractivity contribution in [2.45, 2.75) is 13.0 Å². The molecule has 0 heterocycles. The van der Waals surface area contributed by atoms with Gasteiger partial charge in [0.15, 0.2) is 11.6 Å². The van der Waals surface area contributed by atoms with Crippen LogP contribution in [0, 0.1) is 18.6 Å². The van der Waals surface area contributed by atoms with E-state index in [2.05, 4.69) is 5.32 Å². The molecule has 0 aliphatic carbocycles. The zero-order valence-electron chi connectivity index (χ0n) is 11.7. The van der Waals surface area contributed by atoms with Crippen LogP contribution in [0.2, 0.25) is 0 Å². The summed E-state index contributed by atoms with van der Waals surface area (Å²) in [6.07, 6.45) is 0. The van der Waals surface area contributed by atoms with E-state index >= 15 is 0 Å². The van der Waals surface area contributed by atoms with E-state index < -0.39 is 11.9 Å². The monoisotopic (exact) mass is 277 g/mol. The maximum Gasteiger partial charge on any atom is 0.170 e. The number of benzene rings is 2. The van der Waals surface area contributed by atoms with E-state index in [1.807, 2.05) is 6.92 Å². The van der Waals surface area contributed by atoms with E-state index in [0.717, 1.165) is 5.56 Å². The van der Waals surface area contributed by atoms with E-state index in [0.29, 0.717) is 11.1 Å². The second-order valence-electron chi connectivity index (χ2n) is 4.61. The van der Waals surface area contributed by atoms with Gasteiger partial charge in [-0.25, -0.2) is 8.78 Å². The number of ether oxygens (including phenoxy) is 1. The van der Waals surface area contributed by atoms with Crippen molar-refractivity contribution < 1.29 is 13.5 Å². The molecule has 1 unspecified atom stereocenters. The number of halogens is 2. The van der Waals surface area contributed by atoms with Crippen molar-refractivity contribution in [3.63, 3.8) is 0 Å². The summed E-state index contributed by atoms with van der Waals surface area (Å²) in [4.78, 5) is 0. The minimum Gasteiger partial charge on any atom is -0.494 e. The maximum absolute atomic E-state index is 14.3. The molecule has 2 rings (SSSR count). The van der Waals surface area contributed by atoms with Gasteiger partial charge < -0.3 is 10.1 Å². The largest absolute Gasteiger partial charge is 0.494 e.